The Morgan fingerprint density at radius 1 is 1.06 bits per heavy atom. The molecular formula is C26H31ClN2O6S. The number of hydrogen-bond acceptors (Lipinski definition) is 7. The van der Waals surface area contributed by atoms with E-state index in [2.05, 4.69) is 10.6 Å². The zero-order valence-corrected chi connectivity index (χ0v) is 22.4. The summed E-state index contributed by atoms with van der Waals surface area (Å²) in [6.07, 6.45) is 3.28. The molecule has 0 spiro atoms. The highest BCUT2D eigenvalue weighted by Gasteiger charge is 2.30. The molecule has 1 atom stereocenters. The van der Waals surface area contributed by atoms with Crippen LogP contribution in [0.2, 0.25) is 5.02 Å². The van der Waals surface area contributed by atoms with Crippen LogP contribution in [-0.4, -0.2) is 42.5 Å². The lowest BCUT2D eigenvalue weighted by Gasteiger charge is -2.21. The Morgan fingerprint density at radius 2 is 1.75 bits per heavy atom. The van der Waals surface area contributed by atoms with E-state index < -0.39 is 36.4 Å². The third-order valence-electron chi connectivity index (χ3n) is 5.64. The second-order valence-electron chi connectivity index (χ2n) is 9.20. The van der Waals surface area contributed by atoms with E-state index in [0.29, 0.717) is 10.6 Å². The van der Waals surface area contributed by atoms with Crippen molar-refractivity contribution in [3.8, 4) is 0 Å². The minimum absolute atomic E-state index is 0.234. The van der Waals surface area contributed by atoms with Gasteiger partial charge in [0.15, 0.2) is 6.61 Å². The number of aryl methyl sites for hydroxylation is 1. The molecule has 8 nitrogen and oxygen atoms in total. The largest absolute Gasteiger partial charge is 0.459 e. The first kappa shape index (κ1) is 27.7. The van der Waals surface area contributed by atoms with E-state index in [-0.39, 0.29) is 22.6 Å². The quantitative estimate of drug-likeness (QED) is 0.448. The Bertz CT molecular complexity index is 1140. The van der Waals surface area contributed by atoms with E-state index in [1.165, 1.54) is 11.3 Å². The first-order valence-corrected chi connectivity index (χ1v) is 13.1. The summed E-state index contributed by atoms with van der Waals surface area (Å²) in [6.45, 7) is 6.47. The molecule has 0 unspecified atom stereocenters. The molecule has 2 amide bonds. The van der Waals surface area contributed by atoms with Gasteiger partial charge >= 0.3 is 11.9 Å². The summed E-state index contributed by atoms with van der Waals surface area (Å²) >= 11 is 7.44. The molecule has 0 bridgehead atoms. The summed E-state index contributed by atoms with van der Waals surface area (Å²) in [5.41, 5.74) is 1.54. The maximum absolute atomic E-state index is 12.8. The van der Waals surface area contributed by atoms with E-state index in [1.54, 1.807) is 52.0 Å². The fourth-order valence-electron chi connectivity index (χ4n) is 3.89. The van der Waals surface area contributed by atoms with Gasteiger partial charge in [0, 0.05) is 4.88 Å². The predicted molar refractivity (Wildman–Crippen MR) is 139 cm³/mol. The number of carbonyl (C=O) groups is 4. The molecule has 2 N–H and O–H groups in total. The molecule has 0 radical (unpaired) electrons. The van der Waals surface area contributed by atoms with Crippen LogP contribution in [0.3, 0.4) is 0 Å². The summed E-state index contributed by atoms with van der Waals surface area (Å²) in [5, 5.41) is 6.01. The molecule has 0 saturated heterocycles. The van der Waals surface area contributed by atoms with E-state index in [4.69, 9.17) is 21.1 Å². The highest BCUT2D eigenvalue weighted by Crippen LogP contribution is 2.38. The minimum atomic E-state index is -0.979. The van der Waals surface area contributed by atoms with Crippen molar-refractivity contribution in [3.05, 3.63) is 50.9 Å². The molecule has 1 aromatic carbocycles. The van der Waals surface area contributed by atoms with Crippen LogP contribution in [0.5, 0.6) is 0 Å². The Labute approximate surface area is 219 Å². The van der Waals surface area contributed by atoms with Crippen molar-refractivity contribution in [2.45, 2.75) is 65.5 Å². The molecule has 0 aliphatic heterocycles. The van der Waals surface area contributed by atoms with Gasteiger partial charge in [-0.2, -0.15) is 0 Å². The second kappa shape index (κ2) is 12.4. The van der Waals surface area contributed by atoms with Gasteiger partial charge in [-0.3, -0.25) is 9.59 Å². The van der Waals surface area contributed by atoms with Gasteiger partial charge in [0.25, 0.3) is 11.8 Å². The van der Waals surface area contributed by atoms with Crippen molar-refractivity contribution in [2.24, 2.45) is 5.92 Å². The van der Waals surface area contributed by atoms with Crippen LogP contribution in [0.4, 0.5) is 5.00 Å². The van der Waals surface area contributed by atoms with Gasteiger partial charge in [0.2, 0.25) is 0 Å². The maximum Gasteiger partial charge on any atom is 0.341 e. The van der Waals surface area contributed by atoms with Crippen LogP contribution in [0.25, 0.3) is 0 Å². The normalized spacial score (nSPS) is 13.6. The molecule has 1 aliphatic carbocycles. The summed E-state index contributed by atoms with van der Waals surface area (Å²) < 4.78 is 10.6. The summed E-state index contributed by atoms with van der Waals surface area (Å²) in [7, 11) is 0. The highest BCUT2D eigenvalue weighted by atomic mass is 35.5. The number of nitrogens with one attached hydrogen (secondary N) is 2. The molecule has 2 aromatic rings. The Morgan fingerprint density at radius 3 is 2.42 bits per heavy atom. The summed E-state index contributed by atoms with van der Waals surface area (Å²) in [4.78, 5) is 51.8. The third kappa shape index (κ3) is 6.85. The number of anilines is 1. The monoisotopic (exact) mass is 534 g/mol. The van der Waals surface area contributed by atoms with Crippen LogP contribution >= 0.6 is 22.9 Å². The minimum Gasteiger partial charge on any atom is -0.459 e. The van der Waals surface area contributed by atoms with Crippen LogP contribution in [-0.2, 0) is 31.9 Å². The number of amides is 2. The Kier molecular flexibility index (Phi) is 9.50. The molecule has 3 rings (SSSR count). The smallest absolute Gasteiger partial charge is 0.341 e. The van der Waals surface area contributed by atoms with Crippen molar-refractivity contribution in [1.82, 2.24) is 5.32 Å². The van der Waals surface area contributed by atoms with Crippen molar-refractivity contribution in [1.29, 1.82) is 0 Å². The standard InChI is InChI=1S/C26H31ClN2O6S/c1-14(2)22(29-23(31)16-9-5-7-11-18(16)27)26(33)34-13-20(30)28-24-21(25(32)35-15(3)4)17-10-6-8-12-19(17)36-24/h5,7,9,11,14-15,22H,6,8,10,12-13H2,1-4H3,(H,28,30)(H,29,31)/t22-/m0/s1. The van der Waals surface area contributed by atoms with Crippen molar-refractivity contribution >= 4 is 51.7 Å². The number of carbonyl (C=O) groups excluding carboxylic acids is 4. The number of hydrogen-bond donors (Lipinski definition) is 2. The van der Waals surface area contributed by atoms with Crippen LogP contribution in [0.1, 0.15) is 71.7 Å². The summed E-state index contributed by atoms with van der Waals surface area (Å²) in [5.74, 6) is -2.61. The average molecular weight is 535 g/mol. The topological polar surface area (TPSA) is 111 Å². The fourth-order valence-corrected chi connectivity index (χ4v) is 5.41. The van der Waals surface area contributed by atoms with Gasteiger partial charge in [-0.25, -0.2) is 9.59 Å². The molecule has 1 aromatic heterocycles. The molecule has 10 heteroatoms. The molecular weight excluding hydrogens is 504 g/mol. The van der Waals surface area contributed by atoms with Crippen LogP contribution in [0, 0.1) is 5.92 Å². The molecule has 0 fully saturated rings. The molecule has 36 heavy (non-hydrogen) atoms. The number of rotatable bonds is 9. The predicted octanol–water partition coefficient (Wildman–Crippen LogP) is 4.78. The van der Waals surface area contributed by atoms with Crippen molar-refractivity contribution in [2.75, 3.05) is 11.9 Å². The van der Waals surface area contributed by atoms with Gasteiger partial charge in [0.05, 0.1) is 22.3 Å². The summed E-state index contributed by atoms with van der Waals surface area (Å²) in [6, 6.07) is 5.52. The number of ether oxygens (including phenoxy) is 2. The maximum atomic E-state index is 12.8. The van der Waals surface area contributed by atoms with E-state index >= 15 is 0 Å². The second-order valence-corrected chi connectivity index (χ2v) is 10.7. The number of benzene rings is 1. The van der Waals surface area contributed by atoms with Crippen LogP contribution < -0.4 is 10.6 Å². The molecule has 1 aliphatic rings. The van der Waals surface area contributed by atoms with Crippen molar-refractivity contribution < 1.29 is 28.7 Å². The zero-order valence-electron chi connectivity index (χ0n) is 20.8. The van der Waals surface area contributed by atoms with Gasteiger partial charge in [-0.1, -0.05) is 37.6 Å². The first-order valence-electron chi connectivity index (χ1n) is 12.0. The van der Waals surface area contributed by atoms with E-state index in [0.717, 1.165) is 36.1 Å². The first-order chi connectivity index (χ1) is 17.1. The molecule has 194 valence electrons. The zero-order chi connectivity index (χ0) is 26.4. The molecule has 1 heterocycles. The SMILES string of the molecule is CC(C)OC(=O)c1c(NC(=O)COC(=O)[C@@H](NC(=O)c2ccccc2Cl)C(C)C)sc2c1CCCC2. The Hall–Kier alpha value is -2.91. The number of fused-ring (bicyclic) bond motifs is 1. The fraction of sp³-hybridized carbons (Fsp3) is 0.462. The number of thiophene rings is 1. The van der Waals surface area contributed by atoms with E-state index in [9.17, 15) is 19.2 Å². The average Bonchev–Trinajstić information content (AvgIpc) is 3.18. The lowest BCUT2D eigenvalue weighted by Crippen LogP contribution is -2.46. The molecule has 0 saturated carbocycles. The number of halogens is 1. The number of esters is 2. The highest BCUT2D eigenvalue weighted by molar-refractivity contribution is 7.17. The van der Waals surface area contributed by atoms with Crippen molar-refractivity contribution in [3.63, 3.8) is 0 Å². The Balaban J connectivity index is 1.66. The van der Waals surface area contributed by atoms with E-state index in [1.807, 2.05) is 0 Å². The third-order valence-corrected chi connectivity index (χ3v) is 7.18. The van der Waals surface area contributed by atoms with Gasteiger partial charge in [0.1, 0.15) is 11.0 Å². The lowest BCUT2D eigenvalue weighted by atomic mass is 9.95. The van der Waals surface area contributed by atoms with Crippen LogP contribution in [0.15, 0.2) is 24.3 Å². The van der Waals surface area contributed by atoms with Gasteiger partial charge < -0.3 is 20.1 Å². The van der Waals surface area contributed by atoms with Gasteiger partial charge in [-0.15, -0.1) is 11.3 Å². The van der Waals surface area contributed by atoms with Gasteiger partial charge in [-0.05, 0) is 63.1 Å². The lowest BCUT2D eigenvalue weighted by molar-refractivity contribution is -0.150.